The zero-order valence-electron chi connectivity index (χ0n) is 22.2. The lowest BCUT2D eigenvalue weighted by Gasteiger charge is -2.26. The van der Waals surface area contributed by atoms with Crippen LogP contribution >= 0.6 is 0 Å². The lowest BCUT2D eigenvalue weighted by Crippen LogP contribution is -2.29. The van der Waals surface area contributed by atoms with Gasteiger partial charge in [-0.1, -0.05) is 54.6 Å². The van der Waals surface area contributed by atoms with Crippen molar-refractivity contribution in [1.82, 2.24) is 4.90 Å². The summed E-state index contributed by atoms with van der Waals surface area (Å²) in [5, 5.41) is 0.420. The number of methoxy groups -OCH3 is 1. The monoisotopic (exact) mass is 547 g/mol. The number of fused-ring (bicyclic) bond motifs is 3. The number of hydrogen-bond acceptors (Lipinski definition) is 7. The van der Waals surface area contributed by atoms with E-state index in [2.05, 4.69) is 0 Å². The molecule has 0 fully saturated rings. The van der Waals surface area contributed by atoms with E-state index < -0.39 is 6.04 Å². The average molecular weight is 548 g/mol. The van der Waals surface area contributed by atoms with Crippen molar-refractivity contribution in [2.75, 3.05) is 13.9 Å². The molecule has 0 aliphatic carbocycles. The highest BCUT2D eigenvalue weighted by atomic mass is 16.7. The normalized spacial score (nSPS) is 15.3. The maximum Gasteiger partial charge on any atom is 0.291 e. The van der Waals surface area contributed by atoms with Crippen molar-refractivity contribution in [3.05, 3.63) is 129 Å². The minimum Gasteiger partial charge on any atom is -0.493 e. The lowest BCUT2D eigenvalue weighted by molar-refractivity contribution is 0.0714. The molecule has 1 aromatic heterocycles. The van der Waals surface area contributed by atoms with Crippen molar-refractivity contribution in [1.29, 1.82) is 0 Å². The summed E-state index contributed by atoms with van der Waals surface area (Å²) in [5.41, 5.74) is 2.98. The fourth-order valence-electron chi connectivity index (χ4n) is 5.42. The van der Waals surface area contributed by atoms with Crippen molar-refractivity contribution < 1.29 is 28.2 Å². The van der Waals surface area contributed by atoms with Gasteiger partial charge in [0.05, 0.1) is 24.1 Å². The first-order valence-corrected chi connectivity index (χ1v) is 13.2. The van der Waals surface area contributed by atoms with Crippen LogP contribution in [0.1, 0.15) is 38.9 Å². The minimum absolute atomic E-state index is 0.0443. The molecule has 0 saturated carbocycles. The summed E-state index contributed by atoms with van der Waals surface area (Å²) >= 11 is 0. The van der Waals surface area contributed by atoms with Gasteiger partial charge in [0.15, 0.2) is 28.4 Å². The van der Waals surface area contributed by atoms with Crippen molar-refractivity contribution in [3.8, 4) is 23.0 Å². The van der Waals surface area contributed by atoms with Crippen molar-refractivity contribution >= 4 is 16.9 Å². The number of ether oxygens (including phenoxy) is 4. The maximum absolute atomic E-state index is 13.9. The van der Waals surface area contributed by atoms with Gasteiger partial charge in [-0.25, -0.2) is 0 Å². The highest BCUT2D eigenvalue weighted by Gasteiger charge is 2.43. The van der Waals surface area contributed by atoms with E-state index in [1.54, 1.807) is 42.3 Å². The first kappa shape index (κ1) is 24.8. The number of rotatable bonds is 7. The number of nitrogens with zero attached hydrogens (tertiary/aromatic N) is 1. The molecular weight excluding hydrogens is 522 g/mol. The van der Waals surface area contributed by atoms with Crippen LogP contribution in [0.4, 0.5) is 0 Å². The Labute approximate surface area is 235 Å². The average Bonchev–Trinajstić information content (AvgIpc) is 3.59. The maximum atomic E-state index is 13.9. The van der Waals surface area contributed by atoms with Gasteiger partial charge in [0.2, 0.25) is 12.6 Å². The Morgan fingerprint density at radius 2 is 1.63 bits per heavy atom. The molecule has 0 spiro atoms. The van der Waals surface area contributed by atoms with Gasteiger partial charge in [0, 0.05) is 6.54 Å². The summed E-state index contributed by atoms with van der Waals surface area (Å²) in [6.45, 7) is 0.737. The molecule has 0 radical (unpaired) electrons. The Morgan fingerprint density at radius 1 is 0.829 bits per heavy atom. The van der Waals surface area contributed by atoms with Gasteiger partial charge in [-0.15, -0.1) is 0 Å². The molecule has 5 aromatic rings. The molecule has 2 aliphatic heterocycles. The second-order valence-electron chi connectivity index (χ2n) is 9.88. The van der Waals surface area contributed by atoms with Crippen LogP contribution in [0.25, 0.3) is 11.0 Å². The molecule has 41 heavy (non-hydrogen) atoms. The highest BCUT2D eigenvalue weighted by molar-refractivity contribution is 5.99. The standard InChI is InChI=1S/C33H25NO7/c1-37-27-16-22(12-14-25(27)38-18-20-7-3-2-4-8-20)30-29-31(35)23-9-5-6-10-24(23)41-32(29)33(36)34(30)17-21-11-13-26-28(15-21)40-19-39-26/h2-16,30H,17-19H2,1H3. The highest BCUT2D eigenvalue weighted by Crippen LogP contribution is 2.42. The van der Waals surface area contributed by atoms with Crippen LogP contribution in [-0.2, 0) is 13.2 Å². The molecule has 0 N–H and O–H groups in total. The van der Waals surface area contributed by atoms with Crippen LogP contribution < -0.4 is 24.4 Å². The van der Waals surface area contributed by atoms with E-state index in [0.29, 0.717) is 51.7 Å². The fraction of sp³-hybridized carbons (Fsp3) is 0.152. The molecule has 0 bridgehead atoms. The van der Waals surface area contributed by atoms with Crippen molar-refractivity contribution in [2.45, 2.75) is 19.2 Å². The van der Waals surface area contributed by atoms with Crippen molar-refractivity contribution in [2.24, 2.45) is 0 Å². The van der Waals surface area contributed by atoms with E-state index in [1.807, 2.05) is 60.7 Å². The molecule has 1 unspecified atom stereocenters. The van der Waals surface area contributed by atoms with Gasteiger partial charge in [-0.2, -0.15) is 0 Å². The smallest absolute Gasteiger partial charge is 0.291 e. The van der Waals surface area contributed by atoms with Gasteiger partial charge in [-0.3, -0.25) is 9.59 Å². The number of hydrogen-bond donors (Lipinski definition) is 0. The van der Waals surface area contributed by atoms with Crippen LogP contribution in [-0.4, -0.2) is 24.7 Å². The third kappa shape index (κ3) is 4.34. The van der Waals surface area contributed by atoms with Crippen LogP contribution in [0.5, 0.6) is 23.0 Å². The minimum atomic E-state index is -0.708. The molecule has 204 valence electrons. The summed E-state index contributed by atoms with van der Waals surface area (Å²) < 4.78 is 28.8. The first-order chi connectivity index (χ1) is 20.1. The lowest BCUT2D eigenvalue weighted by atomic mass is 9.97. The fourth-order valence-corrected chi connectivity index (χ4v) is 5.42. The predicted molar refractivity (Wildman–Crippen MR) is 151 cm³/mol. The Morgan fingerprint density at radius 3 is 2.49 bits per heavy atom. The quantitative estimate of drug-likeness (QED) is 0.252. The van der Waals surface area contributed by atoms with E-state index in [9.17, 15) is 9.59 Å². The molecule has 8 heteroatoms. The number of amides is 1. The van der Waals surface area contributed by atoms with Crippen LogP contribution in [0, 0.1) is 0 Å². The van der Waals surface area contributed by atoms with Gasteiger partial charge in [0.1, 0.15) is 12.2 Å². The molecular formula is C33H25NO7. The molecule has 8 nitrogen and oxygen atoms in total. The second kappa shape index (κ2) is 10.1. The molecule has 3 heterocycles. The zero-order valence-corrected chi connectivity index (χ0v) is 22.2. The Hall–Kier alpha value is -5.24. The number of para-hydroxylation sites is 1. The summed E-state index contributed by atoms with van der Waals surface area (Å²) in [4.78, 5) is 29.4. The van der Waals surface area contributed by atoms with E-state index in [1.165, 1.54) is 0 Å². The third-order valence-electron chi connectivity index (χ3n) is 7.40. The number of carbonyl (C=O) groups is 1. The third-order valence-corrected chi connectivity index (χ3v) is 7.40. The van der Waals surface area contributed by atoms with E-state index in [0.717, 1.165) is 11.1 Å². The SMILES string of the molecule is COc1cc(C2c3c(oc4ccccc4c3=O)C(=O)N2Cc2ccc3c(c2)OCO3)ccc1OCc1ccccc1. The van der Waals surface area contributed by atoms with Gasteiger partial charge >= 0.3 is 0 Å². The second-order valence-corrected chi connectivity index (χ2v) is 9.88. The molecule has 1 amide bonds. The Bertz CT molecular complexity index is 1850. The van der Waals surface area contributed by atoms with E-state index in [4.69, 9.17) is 23.4 Å². The Kier molecular flexibility index (Phi) is 6.08. The predicted octanol–water partition coefficient (Wildman–Crippen LogP) is 5.85. The van der Waals surface area contributed by atoms with Gasteiger partial charge < -0.3 is 28.3 Å². The van der Waals surface area contributed by atoms with Gasteiger partial charge in [0.25, 0.3) is 5.91 Å². The summed E-state index contributed by atoms with van der Waals surface area (Å²) in [7, 11) is 1.56. The molecule has 0 saturated heterocycles. The molecule has 4 aromatic carbocycles. The molecule has 1 atom stereocenters. The van der Waals surface area contributed by atoms with Crippen molar-refractivity contribution in [3.63, 3.8) is 0 Å². The summed E-state index contributed by atoms with van der Waals surface area (Å²) in [6, 6.07) is 27.1. The van der Waals surface area contributed by atoms with Crippen LogP contribution in [0.3, 0.4) is 0 Å². The first-order valence-electron chi connectivity index (χ1n) is 13.2. The zero-order chi connectivity index (χ0) is 27.9. The largest absolute Gasteiger partial charge is 0.493 e. The molecule has 2 aliphatic rings. The summed E-state index contributed by atoms with van der Waals surface area (Å²) in [6.07, 6.45) is 0. The number of carbonyl (C=O) groups excluding carboxylic acids is 1. The van der Waals surface area contributed by atoms with E-state index in [-0.39, 0.29) is 30.4 Å². The van der Waals surface area contributed by atoms with Crippen LogP contribution in [0.2, 0.25) is 0 Å². The molecule has 7 rings (SSSR count). The topological polar surface area (TPSA) is 87.4 Å². The van der Waals surface area contributed by atoms with E-state index >= 15 is 0 Å². The number of benzene rings is 4. The van der Waals surface area contributed by atoms with Crippen LogP contribution in [0.15, 0.2) is 100 Å². The van der Waals surface area contributed by atoms with Gasteiger partial charge in [-0.05, 0) is 53.1 Å². The Balaban J connectivity index is 1.31. The summed E-state index contributed by atoms with van der Waals surface area (Å²) in [5.74, 6) is 1.99.